The summed E-state index contributed by atoms with van der Waals surface area (Å²) in [4.78, 5) is 36.8. The molecule has 0 unspecified atom stereocenters. The van der Waals surface area contributed by atoms with E-state index < -0.39 is 17.9 Å². The number of benzene rings is 1. The molecule has 1 aromatic heterocycles. The van der Waals surface area contributed by atoms with Crippen molar-refractivity contribution in [2.45, 2.75) is 144 Å². The zero-order chi connectivity index (χ0) is 35.1. The molecule has 0 saturated carbocycles. The second kappa shape index (κ2) is 19.4. The van der Waals surface area contributed by atoms with Gasteiger partial charge < -0.3 is 19.7 Å². The van der Waals surface area contributed by atoms with E-state index in [2.05, 4.69) is 39.6 Å². The summed E-state index contributed by atoms with van der Waals surface area (Å²) >= 11 is 0. The maximum Gasteiger partial charge on any atom is 0.337 e. The van der Waals surface area contributed by atoms with Crippen LogP contribution in [-0.4, -0.2) is 38.7 Å². The lowest BCUT2D eigenvalue weighted by atomic mass is 9.83. The van der Waals surface area contributed by atoms with Gasteiger partial charge in [0, 0.05) is 18.0 Å². The Labute approximate surface area is 282 Å². The van der Waals surface area contributed by atoms with Crippen LogP contribution in [0.4, 0.5) is 0 Å². The number of fused-ring (bicyclic) bond motifs is 1. The molecule has 8 nitrogen and oxygen atoms in total. The van der Waals surface area contributed by atoms with Crippen LogP contribution in [0.1, 0.15) is 144 Å². The molecule has 262 valence electrons. The highest BCUT2D eigenvalue weighted by atomic mass is 16.5. The summed E-state index contributed by atoms with van der Waals surface area (Å²) in [5.74, 6) is 1.48. The molecule has 1 aliphatic rings. The molecule has 8 heteroatoms. The average molecular weight is 654 g/mol. The fourth-order valence-corrected chi connectivity index (χ4v) is 6.28. The Balaban J connectivity index is 0.000000731. The molecule has 0 radical (unpaired) electrons. The number of esters is 1. The Bertz CT molecular complexity index is 1310. The zero-order valence-corrected chi connectivity index (χ0v) is 30.1. The minimum atomic E-state index is -0.999. The summed E-state index contributed by atoms with van der Waals surface area (Å²) in [6.07, 6.45) is 15.9. The van der Waals surface area contributed by atoms with E-state index in [0.29, 0.717) is 5.75 Å². The van der Waals surface area contributed by atoms with Crippen LogP contribution < -0.4 is 9.47 Å². The number of hydrogen-bond acceptors (Lipinski definition) is 6. The van der Waals surface area contributed by atoms with Gasteiger partial charge in [-0.1, -0.05) is 72.6 Å². The first-order valence-corrected chi connectivity index (χ1v) is 17.5. The van der Waals surface area contributed by atoms with E-state index in [-0.39, 0.29) is 24.0 Å². The number of carbonyl (C=O) groups excluding carboxylic acids is 1. The summed E-state index contributed by atoms with van der Waals surface area (Å²) in [6, 6.07) is 3.08. The van der Waals surface area contributed by atoms with Gasteiger partial charge in [0.05, 0.1) is 18.4 Å². The van der Waals surface area contributed by atoms with Crippen molar-refractivity contribution in [1.29, 1.82) is 0 Å². The molecule has 47 heavy (non-hydrogen) atoms. The van der Waals surface area contributed by atoms with Crippen LogP contribution in [0.2, 0.25) is 0 Å². The van der Waals surface area contributed by atoms with Crippen molar-refractivity contribution in [3.8, 4) is 11.5 Å². The fourth-order valence-electron chi connectivity index (χ4n) is 6.28. The molecule has 0 amide bonds. The Morgan fingerprint density at radius 2 is 1.51 bits per heavy atom. The number of aromatic nitrogens is 1. The molecule has 2 heterocycles. The SMILES string of the molecule is Cc1c(C)c2c(c(C)c1OC(=O)CCC(=O)O)CC[C@@](C)(CCC[C@H](C)CCC[C@H](C)CCCC(C)C)O2.O=C(O)c1cccnc1. The highest BCUT2D eigenvalue weighted by Gasteiger charge is 2.34. The number of hydrogen-bond donors (Lipinski definition) is 2. The molecule has 0 bridgehead atoms. The predicted molar refractivity (Wildman–Crippen MR) is 186 cm³/mol. The second-order valence-electron chi connectivity index (χ2n) is 14.3. The van der Waals surface area contributed by atoms with E-state index in [1.54, 1.807) is 6.07 Å². The monoisotopic (exact) mass is 653 g/mol. The summed E-state index contributed by atoms with van der Waals surface area (Å²) in [6.45, 7) is 17.6. The Hall–Kier alpha value is -3.42. The van der Waals surface area contributed by atoms with E-state index >= 15 is 0 Å². The lowest BCUT2D eigenvalue weighted by Crippen LogP contribution is -2.37. The molecule has 1 aliphatic heterocycles. The molecule has 3 rings (SSSR count). The molecule has 1 aromatic carbocycles. The van der Waals surface area contributed by atoms with Gasteiger partial charge in [0.1, 0.15) is 17.1 Å². The highest BCUT2D eigenvalue weighted by molar-refractivity contribution is 5.87. The fraction of sp³-hybridized carbons (Fsp3) is 0.641. The van der Waals surface area contributed by atoms with Crippen molar-refractivity contribution >= 4 is 17.9 Å². The lowest BCUT2D eigenvalue weighted by Gasteiger charge is -2.38. The third-order valence-corrected chi connectivity index (χ3v) is 9.51. The normalized spacial score (nSPS) is 16.7. The van der Waals surface area contributed by atoms with Gasteiger partial charge in [0.15, 0.2) is 0 Å². The van der Waals surface area contributed by atoms with Crippen LogP contribution in [0.5, 0.6) is 11.5 Å². The number of carboxylic acids is 2. The number of ether oxygens (including phenoxy) is 2. The number of aliphatic carboxylic acids is 1. The van der Waals surface area contributed by atoms with Crippen LogP contribution in [0.25, 0.3) is 0 Å². The van der Waals surface area contributed by atoms with Crippen molar-refractivity contribution in [1.82, 2.24) is 4.98 Å². The van der Waals surface area contributed by atoms with Crippen LogP contribution >= 0.6 is 0 Å². The number of nitrogens with zero attached hydrogens (tertiary/aromatic N) is 1. The molecular weight excluding hydrogens is 594 g/mol. The molecular formula is C39H59NO7. The van der Waals surface area contributed by atoms with Crippen LogP contribution in [0.3, 0.4) is 0 Å². The first-order valence-electron chi connectivity index (χ1n) is 17.5. The van der Waals surface area contributed by atoms with Crippen LogP contribution in [0, 0.1) is 38.5 Å². The van der Waals surface area contributed by atoms with Crippen LogP contribution in [-0.2, 0) is 16.0 Å². The van der Waals surface area contributed by atoms with Crippen molar-refractivity contribution < 1.29 is 34.1 Å². The van der Waals surface area contributed by atoms with Crippen LogP contribution in [0.15, 0.2) is 24.5 Å². The first kappa shape index (κ1) is 39.8. The average Bonchev–Trinajstić information content (AvgIpc) is 3.01. The topological polar surface area (TPSA) is 123 Å². The van der Waals surface area contributed by atoms with Gasteiger partial charge in [-0.25, -0.2) is 4.79 Å². The quantitative estimate of drug-likeness (QED) is 0.128. The van der Waals surface area contributed by atoms with Gasteiger partial charge in [-0.15, -0.1) is 0 Å². The van der Waals surface area contributed by atoms with E-state index in [1.807, 2.05) is 20.8 Å². The largest absolute Gasteiger partial charge is 0.487 e. The molecule has 3 atom stereocenters. The number of rotatable bonds is 17. The molecule has 0 saturated heterocycles. The summed E-state index contributed by atoms with van der Waals surface area (Å²) in [5.41, 5.74) is 3.98. The minimum absolute atomic E-state index is 0.130. The Morgan fingerprint density at radius 3 is 2.04 bits per heavy atom. The van der Waals surface area contributed by atoms with Gasteiger partial charge in [-0.05, 0) is 100.0 Å². The maximum absolute atomic E-state index is 12.2. The summed E-state index contributed by atoms with van der Waals surface area (Å²) in [5, 5.41) is 17.2. The highest BCUT2D eigenvalue weighted by Crippen LogP contribution is 2.45. The number of aromatic carboxylic acids is 1. The predicted octanol–water partition coefficient (Wildman–Crippen LogP) is 9.68. The zero-order valence-electron chi connectivity index (χ0n) is 30.1. The van der Waals surface area contributed by atoms with Gasteiger partial charge >= 0.3 is 17.9 Å². The third-order valence-electron chi connectivity index (χ3n) is 9.51. The molecule has 2 aromatic rings. The molecule has 0 spiro atoms. The van der Waals surface area contributed by atoms with Gasteiger partial charge in [0.2, 0.25) is 0 Å². The molecule has 0 fully saturated rings. The number of carbonyl (C=O) groups is 3. The van der Waals surface area contributed by atoms with Crippen molar-refractivity contribution in [3.05, 3.63) is 52.3 Å². The standard InChI is InChI=1S/C33H54O5.C6H5NO2/c1-22(2)12-9-13-23(3)14-10-15-24(4)16-11-20-33(8)21-19-28-27(7)31(25(5)26(6)32(28)38-33)37-30(36)18-17-29(34)35;8-6(9)5-2-1-3-7-4-5/h22-24H,9-21H2,1-8H3,(H,34,35);1-4H,(H,8,9)/t23-,24-,33-;/m1./s1. The number of pyridine rings is 1. The summed E-state index contributed by atoms with van der Waals surface area (Å²) in [7, 11) is 0. The smallest absolute Gasteiger partial charge is 0.337 e. The number of carboxylic acid groups (broad SMARTS) is 2. The maximum atomic E-state index is 12.2. The van der Waals surface area contributed by atoms with Gasteiger partial charge in [0.25, 0.3) is 0 Å². The van der Waals surface area contributed by atoms with Crippen molar-refractivity contribution in [2.75, 3.05) is 0 Å². The summed E-state index contributed by atoms with van der Waals surface area (Å²) < 4.78 is 12.3. The van der Waals surface area contributed by atoms with Crippen molar-refractivity contribution in [2.24, 2.45) is 17.8 Å². The van der Waals surface area contributed by atoms with E-state index in [0.717, 1.165) is 65.0 Å². The Kier molecular flexibility index (Phi) is 16.4. The second-order valence-corrected chi connectivity index (χ2v) is 14.3. The first-order chi connectivity index (χ1) is 22.1. The van der Waals surface area contributed by atoms with E-state index in [1.165, 1.54) is 69.8 Å². The molecule has 0 aliphatic carbocycles. The van der Waals surface area contributed by atoms with E-state index in [9.17, 15) is 14.4 Å². The van der Waals surface area contributed by atoms with Crippen molar-refractivity contribution in [3.63, 3.8) is 0 Å². The lowest BCUT2D eigenvalue weighted by molar-refractivity contribution is -0.142. The van der Waals surface area contributed by atoms with Gasteiger partial charge in [-0.3, -0.25) is 14.6 Å². The minimum Gasteiger partial charge on any atom is -0.487 e. The Morgan fingerprint density at radius 1 is 0.894 bits per heavy atom. The third kappa shape index (κ3) is 13.7. The van der Waals surface area contributed by atoms with E-state index in [4.69, 9.17) is 19.7 Å². The van der Waals surface area contributed by atoms with Gasteiger partial charge in [-0.2, -0.15) is 0 Å². The molecule has 2 N–H and O–H groups in total.